The highest BCUT2D eigenvalue weighted by atomic mass is 31.2. The third-order valence-corrected chi connectivity index (χ3v) is 15.1. The van der Waals surface area contributed by atoms with E-state index in [9.17, 15) is 19.0 Å². The largest absolute Gasteiger partial charge is 0.472 e. The molecule has 0 saturated heterocycles. The molecule has 0 aromatic heterocycles. The third kappa shape index (κ3) is 65.7. The van der Waals surface area contributed by atoms with E-state index in [0.717, 1.165) is 89.9 Å². The zero-order valence-corrected chi connectivity index (χ0v) is 53.1. The van der Waals surface area contributed by atoms with Crippen molar-refractivity contribution in [3.8, 4) is 0 Å². The number of hydrogen-bond donors (Lipinski definition) is 2. The van der Waals surface area contributed by atoms with Crippen LogP contribution in [0.1, 0.15) is 296 Å². The second-order valence-electron chi connectivity index (χ2n) is 22.0. The van der Waals surface area contributed by atoms with E-state index >= 15 is 0 Å². The Kier molecular flexibility index (Phi) is 63.1. The first kappa shape index (κ1) is 77.7. The summed E-state index contributed by atoms with van der Waals surface area (Å²) in [6, 6.07) is 0. The molecule has 0 amide bonds. The Labute approximate surface area is 499 Å². The lowest BCUT2D eigenvalue weighted by atomic mass is 10.0. The van der Waals surface area contributed by atoms with Crippen molar-refractivity contribution >= 4 is 19.8 Å². The molecule has 0 spiro atoms. The topological polar surface area (TPSA) is 134 Å². The Hall–Kier alpha value is -3.33. The van der Waals surface area contributed by atoms with Gasteiger partial charge in [-0.1, -0.05) is 290 Å². The van der Waals surface area contributed by atoms with Crippen LogP contribution in [-0.4, -0.2) is 49.3 Å². The van der Waals surface area contributed by atoms with Crippen molar-refractivity contribution in [2.24, 2.45) is 5.73 Å². The molecule has 0 heterocycles. The molecule has 0 radical (unpaired) electrons. The van der Waals surface area contributed by atoms with Gasteiger partial charge in [0.1, 0.15) is 6.61 Å². The molecule has 0 saturated carbocycles. The van der Waals surface area contributed by atoms with Crippen LogP contribution in [0.5, 0.6) is 0 Å². The van der Waals surface area contributed by atoms with Crippen molar-refractivity contribution in [2.45, 2.75) is 302 Å². The van der Waals surface area contributed by atoms with Gasteiger partial charge in [0.05, 0.1) is 13.2 Å². The van der Waals surface area contributed by atoms with Gasteiger partial charge in [0.15, 0.2) is 6.10 Å². The molecule has 0 fully saturated rings. The maximum Gasteiger partial charge on any atom is 0.472 e. The molecule has 0 aliphatic rings. The minimum absolute atomic E-state index is 0.0492. The molecule has 466 valence electrons. The van der Waals surface area contributed by atoms with Gasteiger partial charge in [0, 0.05) is 19.4 Å². The van der Waals surface area contributed by atoms with E-state index in [-0.39, 0.29) is 38.6 Å². The molecular weight excluding hydrogens is 1030 g/mol. The van der Waals surface area contributed by atoms with Crippen molar-refractivity contribution < 1.29 is 37.6 Å². The van der Waals surface area contributed by atoms with Crippen molar-refractivity contribution in [1.29, 1.82) is 0 Å². The molecule has 0 bridgehead atoms. The van der Waals surface area contributed by atoms with Gasteiger partial charge in [0.25, 0.3) is 0 Å². The summed E-state index contributed by atoms with van der Waals surface area (Å²) >= 11 is 0. The predicted molar refractivity (Wildman–Crippen MR) is 348 cm³/mol. The smallest absolute Gasteiger partial charge is 0.462 e. The number of ether oxygens (including phenoxy) is 2. The molecule has 2 atom stereocenters. The van der Waals surface area contributed by atoms with Crippen LogP contribution in [-0.2, 0) is 32.7 Å². The van der Waals surface area contributed by atoms with Crippen LogP contribution in [0.25, 0.3) is 0 Å². The third-order valence-electron chi connectivity index (χ3n) is 14.1. The number of phosphoric ester groups is 1. The number of nitrogens with two attached hydrogens (primary N) is 1. The van der Waals surface area contributed by atoms with Gasteiger partial charge in [0.2, 0.25) is 0 Å². The summed E-state index contributed by atoms with van der Waals surface area (Å²) in [7, 11) is -4.40. The number of carbonyl (C=O) groups excluding carboxylic acids is 2. The number of allylic oxidation sites excluding steroid dienone is 18. The average molecular weight is 1150 g/mol. The highest BCUT2D eigenvalue weighted by Gasteiger charge is 2.26. The second kappa shape index (κ2) is 65.8. The normalized spacial score (nSPS) is 13.7. The number of hydrogen-bond acceptors (Lipinski definition) is 8. The highest BCUT2D eigenvalue weighted by molar-refractivity contribution is 7.47. The van der Waals surface area contributed by atoms with Crippen LogP contribution < -0.4 is 5.73 Å². The van der Waals surface area contributed by atoms with Crippen LogP contribution in [0, 0.1) is 0 Å². The Morgan fingerprint density at radius 3 is 1.01 bits per heavy atom. The van der Waals surface area contributed by atoms with E-state index in [1.54, 1.807) is 0 Å². The van der Waals surface area contributed by atoms with E-state index in [0.29, 0.717) is 6.42 Å². The number of rotatable bonds is 62. The fourth-order valence-electron chi connectivity index (χ4n) is 9.24. The summed E-state index contributed by atoms with van der Waals surface area (Å²) in [5.74, 6) is -0.827. The van der Waals surface area contributed by atoms with Crippen LogP contribution in [0.15, 0.2) is 109 Å². The maximum absolute atomic E-state index is 12.8. The fraction of sp³-hybridized carbons (Fsp3) is 0.718. The Morgan fingerprint density at radius 2 is 0.679 bits per heavy atom. The van der Waals surface area contributed by atoms with Crippen LogP contribution >= 0.6 is 7.82 Å². The van der Waals surface area contributed by atoms with Gasteiger partial charge in [-0.05, 0) is 103 Å². The van der Waals surface area contributed by atoms with Gasteiger partial charge in [-0.25, -0.2) is 4.57 Å². The fourth-order valence-corrected chi connectivity index (χ4v) is 10.0. The molecule has 3 N–H and O–H groups in total. The standard InChI is InChI=1S/C71H124NO8P/c1-3-5-7-9-11-13-15-17-19-21-23-25-27-29-31-33-34-36-38-40-42-44-46-48-50-52-54-56-58-60-62-64-71(74)80-69(68-79-81(75,76)78-66-65-72)67-77-70(73)63-61-59-57-55-53-51-49-47-45-43-41-39-37-35-32-30-28-26-24-22-20-18-16-14-12-10-8-6-4-2/h5,7,11,13,16-19,22-25,28-31,34,36,69H,3-4,6,8-10,12,14-15,20-21,26-27,32-33,35,37-68,72H2,1-2H3,(H,75,76)/b7-5-,13-11-,18-16-,19-17-,24-22-,25-23-,30-28-,31-29-,36-34-. The van der Waals surface area contributed by atoms with Crippen molar-refractivity contribution in [3.63, 3.8) is 0 Å². The lowest BCUT2D eigenvalue weighted by Gasteiger charge is -2.19. The zero-order valence-electron chi connectivity index (χ0n) is 52.2. The molecule has 0 aliphatic carbocycles. The number of esters is 2. The van der Waals surface area contributed by atoms with E-state index in [1.165, 1.54) is 173 Å². The minimum Gasteiger partial charge on any atom is -0.462 e. The molecular formula is C71H124NO8P. The van der Waals surface area contributed by atoms with E-state index in [4.69, 9.17) is 24.3 Å². The van der Waals surface area contributed by atoms with E-state index in [1.807, 2.05) is 0 Å². The van der Waals surface area contributed by atoms with Crippen molar-refractivity contribution in [1.82, 2.24) is 0 Å². The molecule has 0 aromatic carbocycles. The summed E-state index contributed by atoms with van der Waals surface area (Å²) in [6.07, 6.45) is 90.2. The monoisotopic (exact) mass is 1150 g/mol. The average Bonchev–Trinajstić information content (AvgIpc) is 3.46. The number of unbranched alkanes of at least 4 members (excludes halogenated alkanes) is 31. The molecule has 10 heteroatoms. The Bertz CT molecular complexity index is 1690. The second-order valence-corrected chi connectivity index (χ2v) is 23.4. The van der Waals surface area contributed by atoms with Gasteiger partial charge in [-0.3, -0.25) is 18.6 Å². The summed E-state index contributed by atoms with van der Waals surface area (Å²) in [5.41, 5.74) is 5.40. The summed E-state index contributed by atoms with van der Waals surface area (Å²) in [5, 5.41) is 0. The Morgan fingerprint density at radius 1 is 0.383 bits per heavy atom. The molecule has 0 aromatic rings. The van der Waals surface area contributed by atoms with Crippen molar-refractivity contribution in [3.05, 3.63) is 109 Å². The number of phosphoric acid groups is 1. The minimum atomic E-state index is -4.40. The maximum atomic E-state index is 12.8. The first-order chi connectivity index (χ1) is 39.8. The van der Waals surface area contributed by atoms with Crippen LogP contribution in [0.2, 0.25) is 0 Å². The SMILES string of the molecule is CC/C=C\C/C=C\C/C=C\C/C=C\C/C=C\C/C=C\CCCCCCCCCCCCCCC(=O)OC(COC(=O)CCCCCCCCCCCCCCCC/C=C\C/C=C\C/C=C\CCCCCCC)COP(=O)(O)OCCN. The van der Waals surface area contributed by atoms with E-state index in [2.05, 4.69) is 123 Å². The van der Waals surface area contributed by atoms with Crippen molar-refractivity contribution in [2.75, 3.05) is 26.4 Å². The molecule has 0 aliphatic heterocycles. The van der Waals surface area contributed by atoms with Crippen LogP contribution in [0.4, 0.5) is 0 Å². The van der Waals surface area contributed by atoms with Gasteiger partial charge in [-0.15, -0.1) is 0 Å². The first-order valence-electron chi connectivity index (χ1n) is 33.4. The Balaban J connectivity index is 3.93. The van der Waals surface area contributed by atoms with Gasteiger partial charge in [-0.2, -0.15) is 0 Å². The lowest BCUT2D eigenvalue weighted by Crippen LogP contribution is -2.29. The highest BCUT2D eigenvalue weighted by Crippen LogP contribution is 2.43. The lowest BCUT2D eigenvalue weighted by molar-refractivity contribution is -0.161. The summed E-state index contributed by atoms with van der Waals surface area (Å²) in [6.45, 7) is 3.64. The quantitative estimate of drug-likeness (QED) is 0.0264. The molecule has 9 nitrogen and oxygen atoms in total. The number of carbonyl (C=O) groups is 2. The van der Waals surface area contributed by atoms with Gasteiger partial charge >= 0.3 is 19.8 Å². The summed E-state index contributed by atoms with van der Waals surface area (Å²) < 4.78 is 33.2. The molecule has 0 rings (SSSR count). The predicted octanol–water partition coefficient (Wildman–Crippen LogP) is 21.7. The van der Waals surface area contributed by atoms with Crippen LogP contribution in [0.3, 0.4) is 0 Å². The molecule has 81 heavy (non-hydrogen) atoms. The van der Waals surface area contributed by atoms with Gasteiger partial charge < -0.3 is 20.1 Å². The first-order valence-corrected chi connectivity index (χ1v) is 34.9. The van der Waals surface area contributed by atoms with E-state index < -0.39 is 26.5 Å². The molecule has 2 unspecified atom stereocenters. The zero-order chi connectivity index (χ0) is 58.7. The summed E-state index contributed by atoms with van der Waals surface area (Å²) in [4.78, 5) is 35.3.